The van der Waals surface area contributed by atoms with Gasteiger partial charge in [-0.2, -0.15) is 0 Å². The van der Waals surface area contributed by atoms with E-state index >= 15 is 0 Å². The number of hydrogen-bond donors (Lipinski definition) is 1. The number of para-hydroxylation sites is 1. The van der Waals surface area contributed by atoms with Crippen molar-refractivity contribution in [1.82, 2.24) is 9.97 Å². The Labute approximate surface area is 106 Å². The molecule has 2 heterocycles. The third-order valence-corrected chi connectivity index (χ3v) is 2.96. The quantitative estimate of drug-likeness (QED) is 0.740. The Bertz CT molecular complexity index is 687. The number of pyridine rings is 2. The summed E-state index contributed by atoms with van der Waals surface area (Å²) in [6.45, 7) is 0. The molecule has 1 aromatic carbocycles. The molecule has 3 aromatic rings. The highest BCUT2D eigenvalue weighted by Crippen LogP contribution is 2.26. The van der Waals surface area contributed by atoms with Gasteiger partial charge in [-0.3, -0.25) is 9.97 Å². The monoisotopic (exact) mass is 235 g/mol. The van der Waals surface area contributed by atoms with E-state index in [1.54, 1.807) is 0 Å². The van der Waals surface area contributed by atoms with Gasteiger partial charge in [-0.05, 0) is 18.2 Å². The molecule has 0 saturated heterocycles. The maximum absolute atomic E-state index is 4.45. The lowest BCUT2D eigenvalue weighted by Gasteiger charge is -2.06. The lowest BCUT2D eigenvalue weighted by Crippen LogP contribution is -1.91. The third-order valence-electron chi connectivity index (χ3n) is 2.96. The summed E-state index contributed by atoms with van der Waals surface area (Å²) in [5.41, 5.74) is 4.03. The van der Waals surface area contributed by atoms with Gasteiger partial charge in [0.25, 0.3) is 0 Å². The minimum atomic E-state index is 0.936. The van der Waals surface area contributed by atoms with E-state index in [2.05, 4.69) is 33.5 Å². The molecule has 88 valence electrons. The second kappa shape index (κ2) is 4.45. The van der Waals surface area contributed by atoms with Crippen LogP contribution in [0.2, 0.25) is 0 Å². The van der Waals surface area contributed by atoms with Crippen LogP contribution in [0.3, 0.4) is 0 Å². The number of nitrogens with zero attached hydrogens (tertiary/aromatic N) is 2. The number of benzene rings is 1. The first-order chi connectivity index (χ1) is 8.88. The molecule has 0 unspecified atom stereocenters. The molecule has 2 aromatic heterocycles. The van der Waals surface area contributed by atoms with Crippen molar-refractivity contribution >= 4 is 16.6 Å². The number of nitrogens with one attached hydrogen (secondary N) is 1. The second-order valence-corrected chi connectivity index (χ2v) is 4.06. The van der Waals surface area contributed by atoms with E-state index in [9.17, 15) is 0 Å². The summed E-state index contributed by atoms with van der Waals surface area (Å²) in [4.78, 5) is 8.88. The van der Waals surface area contributed by atoms with Gasteiger partial charge in [0, 0.05) is 36.1 Å². The van der Waals surface area contributed by atoms with Crippen LogP contribution >= 0.6 is 0 Å². The van der Waals surface area contributed by atoms with E-state index in [1.165, 1.54) is 0 Å². The molecule has 0 bridgehead atoms. The van der Waals surface area contributed by atoms with Crippen molar-refractivity contribution in [1.29, 1.82) is 0 Å². The highest BCUT2D eigenvalue weighted by Gasteiger charge is 2.05. The van der Waals surface area contributed by atoms with E-state index < -0.39 is 0 Å². The summed E-state index contributed by atoms with van der Waals surface area (Å²) < 4.78 is 0. The second-order valence-electron chi connectivity index (χ2n) is 4.06. The molecule has 0 atom stereocenters. The smallest absolute Gasteiger partial charge is 0.0795 e. The van der Waals surface area contributed by atoms with Crippen LogP contribution < -0.4 is 5.32 Å². The van der Waals surface area contributed by atoms with Crippen LogP contribution in [0.15, 0.2) is 54.9 Å². The van der Waals surface area contributed by atoms with Gasteiger partial charge in [0.15, 0.2) is 0 Å². The summed E-state index contributed by atoms with van der Waals surface area (Å²) in [5.74, 6) is 0. The van der Waals surface area contributed by atoms with Gasteiger partial charge in [-0.1, -0.05) is 24.3 Å². The summed E-state index contributed by atoms with van der Waals surface area (Å²) in [5, 5.41) is 4.26. The van der Waals surface area contributed by atoms with Gasteiger partial charge in [0.1, 0.15) is 0 Å². The van der Waals surface area contributed by atoms with E-state index in [4.69, 9.17) is 0 Å². The number of hydrogen-bond acceptors (Lipinski definition) is 3. The zero-order valence-electron chi connectivity index (χ0n) is 10.1. The van der Waals surface area contributed by atoms with Crippen molar-refractivity contribution in [2.24, 2.45) is 0 Å². The number of anilines is 1. The molecule has 3 rings (SSSR count). The largest absolute Gasteiger partial charge is 0.388 e. The molecule has 0 fully saturated rings. The minimum absolute atomic E-state index is 0.936. The average Bonchev–Trinajstić information content (AvgIpc) is 2.47. The molecule has 18 heavy (non-hydrogen) atoms. The maximum Gasteiger partial charge on any atom is 0.0795 e. The highest BCUT2D eigenvalue weighted by molar-refractivity contribution is 5.92. The summed E-state index contributed by atoms with van der Waals surface area (Å²) in [7, 11) is 1.90. The first-order valence-corrected chi connectivity index (χ1v) is 5.86. The zero-order chi connectivity index (χ0) is 12.4. The zero-order valence-corrected chi connectivity index (χ0v) is 10.1. The lowest BCUT2D eigenvalue weighted by atomic mass is 10.1. The Morgan fingerprint density at radius 3 is 2.72 bits per heavy atom. The van der Waals surface area contributed by atoms with Crippen molar-refractivity contribution in [2.45, 2.75) is 0 Å². The van der Waals surface area contributed by atoms with Crippen LogP contribution in [0.4, 0.5) is 5.69 Å². The predicted molar refractivity (Wildman–Crippen MR) is 74.5 cm³/mol. The number of rotatable bonds is 2. The van der Waals surface area contributed by atoms with E-state index in [0.717, 1.165) is 27.8 Å². The highest BCUT2D eigenvalue weighted by atomic mass is 14.8. The third kappa shape index (κ3) is 1.80. The summed E-state index contributed by atoms with van der Waals surface area (Å²) >= 11 is 0. The van der Waals surface area contributed by atoms with Crippen LogP contribution in [0, 0.1) is 0 Å². The van der Waals surface area contributed by atoms with Gasteiger partial charge >= 0.3 is 0 Å². The average molecular weight is 235 g/mol. The van der Waals surface area contributed by atoms with Crippen molar-refractivity contribution in [3.05, 3.63) is 54.9 Å². The molecule has 3 nitrogen and oxygen atoms in total. The molecule has 0 radical (unpaired) electrons. The maximum atomic E-state index is 4.45. The van der Waals surface area contributed by atoms with Gasteiger partial charge in [-0.15, -0.1) is 0 Å². The van der Waals surface area contributed by atoms with Gasteiger partial charge in [-0.25, -0.2) is 0 Å². The first kappa shape index (κ1) is 10.7. The topological polar surface area (TPSA) is 37.8 Å². The van der Waals surface area contributed by atoms with Crippen LogP contribution in [-0.4, -0.2) is 17.0 Å². The molecule has 0 aliphatic heterocycles. The van der Waals surface area contributed by atoms with Gasteiger partial charge in [0.05, 0.1) is 11.2 Å². The SMILES string of the molecule is CNc1ccnc(-c2cccc3cccnc23)c1. The molecule has 0 saturated carbocycles. The Morgan fingerprint density at radius 1 is 0.944 bits per heavy atom. The first-order valence-electron chi connectivity index (χ1n) is 5.86. The molecule has 1 N–H and O–H groups in total. The van der Waals surface area contributed by atoms with Crippen LogP contribution in [0.5, 0.6) is 0 Å². The van der Waals surface area contributed by atoms with Crippen molar-refractivity contribution < 1.29 is 0 Å². The molecule has 0 spiro atoms. The molecule has 0 aliphatic carbocycles. The fourth-order valence-corrected chi connectivity index (χ4v) is 2.04. The molecular formula is C15H13N3. The van der Waals surface area contributed by atoms with Gasteiger partial charge < -0.3 is 5.32 Å². The molecule has 0 amide bonds. The Hall–Kier alpha value is -2.42. The number of aromatic nitrogens is 2. The van der Waals surface area contributed by atoms with Crippen LogP contribution in [0.1, 0.15) is 0 Å². The fourth-order valence-electron chi connectivity index (χ4n) is 2.04. The van der Waals surface area contributed by atoms with E-state index in [1.807, 2.05) is 43.7 Å². The summed E-state index contributed by atoms with van der Waals surface area (Å²) in [6.07, 6.45) is 3.62. The lowest BCUT2D eigenvalue weighted by molar-refractivity contribution is 1.31. The van der Waals surface area contributed by atoms with Crippen molar-refractivity contribution in [3.63, 3.8) is 0 Å². The van der Waals surface area contributed by atoms with Crippen molar-refractivity contribution in [3.8, 4) is 11.3 Å². The van der Waals surface area contributed by atoms with Crippen LogP contribution in [-0.2, 0) is 0 Å². The predicted octanol–water partition coefficient (Wildman–Crippen LogP) is 3.34. The molecule has 0 aliphatic rings. The van der Waals surface area contributed by atoms with Crippen molar-refractivity contribution in [2.75, 3.05) is 12.4 Å². The normalized spacial score (nSPS) is 10.5. The molecular weight excluding hydrogens is 222 g/mol. The minimum Gasteiger partial charge on any atom is -0.388 e. The summed E-state index contributed by atoms with van der Waals surface area (Å²) in [6, 6.07) is 14.1. The Balaban J connectivity index is 2.24. The van der Waals surface area contributed by atoms with Crippen LogP contribution in [0.25, 0.3) is 22.2 Å². The molecule has 3 heteroatoms. The van der Waals surface area contributed by atoms with E-state index in [-0.39, 0.29) is 0 Å². The Kier molecular flexibility index (Phi) is 2.65. The van der Waals surface area contributed by atoms with Gasteiger partial charge in [0.2, 0.25) is 0 Å². The van der Waals surface area contributed by atoms with E-state index in [0.29, 0.717) is 0 Å². The Morgan fingerprint density at radius 2 is 1.83 bits per heavy atom. The number of fused-ring (bicyclic) bond motifs is 1. The standard InChI is InChI=1S/C15H13N3/c1-16-12-7-9-17-14(10-12)13-6-2-4-11-5-3-8-18-15(11)13/h2-10H,1H3,(H,16,17). The fraction of sp³-hybridized carbons (Fsp3) is 0.0667.